The number of hydrogen-bond donors (Lipinski definition) is 1. The van der Waals surface area contributed by atoms with Crippen molar-refractivity contribution in [2.75, 3.05) is 18.5 Å². The molecule has 22 heavy (non-hydrogen) atoms. The Kier molecular flexibility index (Phi) is 2.85. The maximum absolute atomic E-state index is 12.1. The number of hydrogen-bond acceptors (Lipinski definition) is 4. The fourth-order valence-corrected chi connectivity index (χ4v) is 3.20. The maximum Gasteiger partial charge on any atom is 0.226 e. The molecule has 1 amide bonds. The maximum atomic E-state index is 12.1. The van der Waals surface area contributed by atoms with E-state index in [1.54, 1.807) is 4.68 Å². The number of amides is 1. The second-order valence-electron chi connectivity index (χ2n) is 5.73. The molecule has 0 bridgehead atoms. The molecule has 2 aliphatic heterocycles. The summed E-state index contributed by atoms with van der Waals surface area (Å²) in [7, 11) is 1.83. The first-order valence-electron chi connectivity index (χ1n) is 7.35. The number of aryl methyl sites for hydroxylation is 2. The van der Waals surface area contributed by atoms with Gasteiger partial charge in [-0.3, -0.25) is 9.48 Å². The van der Waals surface area contributed by atoms with Gasteiger partial charge in [0.2, 0.25) is 5.91 Å². The van der Waals surface area contributed by atoms with Gasteiger partial charge in [-0.2, -0.15) is 5.10 Å². The first-order valence-corrected chi connectivity index (χ1v) is 7.35. The highest BCUT2D eigenvalue weighted by molar-refractivity contribution is 5.94. The van der Waals surface area contributed by atoms with E-state index < -0.39 is 0 Å². The number of carbonyl (C=O) groups is 1. The van der Waals surface area contributed by atoms with Crippen LogP contribution in [0, 0.1) is 6.92 Å². The van der Waals surface area contributed by atoms with Crippen molar-refractivity contribution in [3.8, 4) is 11.5 Å². The Hall–Kier alpha value is -2.50. The van der Waals surface area contributed by atoms with Gasteiger partial charge in [0.1, 0.15) is 19.0 Å². The molecule has 0 fully saturated rings. The normalized spacial score (nSPS) is 19.5. The number of fused-ring (bicyclic) bond motifs is 2. The lowest BCUT2D eigenvalue weighted by Crippen LogP contribution is -2.25. The molecule has 6 heteroatoms. The van der Waals surface area contributed by atoms with E-state index in [-0.39, 0.29) is 11.8 Å². The summed E-state index contributed by atoms with van der Waals surface area (Å²) in [5, 5.41) is 7.17. The molecule has 1 N–H and O–H groups in total. The van der Waals surface area contributed by atoms with E-state index in [0.29, 0.717) is 19.6 Å². The first-order chi connectivity index (χ1) is 10.6. The zero-order valence-electron chi connectivity index (χ0n) is 12.5. The third kappa shape index (κ3) is 1.94. The van der Waals surface area contributed by atoms with Crippen LogP contribution in [-0.2, 0) is 11.8 Å². The van der Waals surface area contributed by atoms with E-state index >= 15 is 0 Å². The molecule has 2 aliphatic rings. The minimum Gasteiger partial charge on any atom is -0.486 e. The van der Waals surface area contributed by atoms with E-state index in [0.717, 1.165) is 34.0 Å². The van der Waals surface area contributed by atoms with Crippen LogP contribution in [-0.4, -0.2) is 28.9 Å². The molecular formula is C16H17N3O3. The van der Waals surface area contributed by atoms with Crippen LogP contribution in [0.2, 0.25) is 0 Å². The Morgan fingerprint density at radius 3 is 2.73 bits per heavy atom. The van der Waals surface area contributed by atoms with Crippen LogP contribution in [0.4, 0.5) is 5.82 Å². The molecule has 0 spiro atoms. The molecule has 3 heterocycles. The van der Waals surface area contributed by atoms with Gasteiger partial charge in [0.05, 0.1) is 6.20 Å². The Labute approximate surface area is 128 Å². The Morgan fingerprint density at radius 1 is 1.23 bits per heavy atom. The molecule has 0 radical (unpaired) electrons. The summed E-state index contributed by atoms with van der Waals surface area (Å²) in [6.45, 7) is 3.17. The van der Waals surface area contributed by atoms with Gasteiger partial charge in [0.15, 0.2) is 11.5 Å². The number of rotatable bonds is 1. The van der Waals surface area contributed by atoms with Crippen molar-refractivity contribution in [3.63, 3.8) is 0 Å². The zero-order valence-corrected chi connectivity index (χ0v) is 12.5. The fraction of sp³-hybridized carbons (Fsp3) is 0.375. The van der Waals surface area contributed by atoms with Crippen LogP contribution in [0.25, 0.3) is 0 Å². The number of nitrogens with one attached hydrogen (secondary N) is 1. The number of benzene rings is 1. The highest BCUT2D eigenvalue weighted by Crippen LogP contribution is 2.42. The van der Waals surface area contributed by atoms with Crippen LogP contribution >= 0.6 is 0 Å². The molecule has 6 nitrogen and oxygen atoms in total. The predicted octanol–water partition coefficient (Wildman–Crippen LogP) is 1.97. The predicted molar refractivity (Wildman–Crippen MR) is 80.5 cm³/mol. The van der Waals surface area contributed by atoms with Gasteiger partial charge in [-0.15, -0.1) is 0 Å². The van der Waals surface area contributed by atoms with Gasteiger partial charge in [-0.25, -0.2) is 0 Å². The van der Waals surface area contributed by atoms with Crippen molar-refractivity contribution in [2.24, 2.45) is 7.05 Å². The molecule has 2 aromatic rings. The third-order valence-corrected chi connectivity index (χ3v) is 4.30. The van der Waals surface area contributed by atoms with E-state index in [4.69, 9.17) is 9.47 Å². The summed E-state index contributed by atoms with van der Waals surface area (Å²) in [6, 6.07) is 4.00. The SMILES string of the molecule is Cc1cc2c(cc1C1CC(=O)Nc3c1cnn3C)OCCO2. The summed E-state index contributed by atoms with van der Waals surface area (Å²) >= 11 is 0. The van der Waals surface area contributed by atoms with Crippen molar-refractivity contribution < 1.29 is 14.3 Å². The quantitative estimate of drug-likeness (QED) is 0.874. The number of anilines is 1. The zero-order chi connectivity index (χ0) is 15.3. The van der Waals surface area contributed by atoms with Gasteiger partial charge in [-0.1, -0.05) is 0 Å². The Morgan fingerprint density at radius 2 is 1.95 bits per heavy atom. The van der Waals surface area contributed by atoms with Gasteiger partial charge in [0.25, 0.3) is 0 Å². The molecule has 114 valence electrons. The third-order valence-electron chi connectivity index (χ3n) is 4.30. The van der Waals surface area contributed by atoms with E-state index in [1.807, 2.05) is 32.3 Å². The Balaban J connectivity index is 1.83. The number of aromatic nitrogens is 2. The Bertz CT molecular complexity index is 766. The lowest BCUT2D eigenvalue weighted by Gasteiger charge is -2.26. The highest BCUT2D eigenvalue weighted by atomic mass is 16.6. The monoisotopic (exact) mass is 299 g/mol. The molecule has 1 aromatic carbocycles. The largest absolute Gasteiger partial charge is 0.486 e. The van der Waals surface area contributed by atoms with E-state index in [9.17, 15) is 4.79 Å². The molecule has 1 aromatic heterocycles. The molecule has 0 aliphatic carbocycles. The smallest absolute Gasteiger partial charge is 0.226 e. The summed E-state index contributed by atoms with van der Waals surface area (Å²) in [4.78, 5) is 12.1. The van der Waals surface area contributed by atoms with E-state index in [1.165, 1.54) is 0 Å². The second-order valence-corrected chi connectivity index (χ2v) is 5.73. The minimum absolute atomic E-state index is 0.00623. The van der Waals surface area contributed by atoms with Crippen LogP contribution in [0.5, 0.6) is 11.5 Å². The molecular weight excluding hydrogens is 282 g/mol. The first kappa shape index (κ1) is 13.2. The average molecular weight is 299 g/mol. The molecule has 1 atom stereocenters. The molecule has 4 rings (SSSR count). The van der Waals surface area contributed by atoms with Crippen LogP contribution < -0.4 is 14.8 Å². The molecule has 0 saturated carbocycles. The van der Waals surface area contributed by atoms with Gasteiger partial charge < -0.3 is 14.8 Å². The number of carbonyl (C=O) groups excluding carboxylic acids is 1. The van der Waals surface area contributed by atoms with Crippen molar-refractivity contribution >= 4 is 11.7 Å². The lowest BCUT2D eigenvalue weighted by molar-refractivity contribution is -0.116. The number of nitrogens with zero attached hydrogens (tertiary/aromatic N) is 2. The summed E-state index contributed by atoms with van der Waals surface area (Å²) in [6.07, 6.45) is 2.24. The summed E-state index contributed by atoms with van der Waals surface area (Å²) < 4.78 is 13.0. The number of ether oxygens (including phenoxy) is 2. The fourth-order valence-electron chi connectivity index (χ4n) is 3.20. The van der Waals surface area contributed by atoms with Gasteiger partial charge in [0, 0.05) is 24.9 Å². The minimum atomic E-state index is -0.00623. The standard InChI is InChI=1S/C16H17N3O3/c1-9-5-13-14(22-4-3-21-13)6-10(9)11-7-15(20)18-16-12(11)8-17-19(16)2/h5-6,8,11H,3-4,7H2,1-2H3,(H,18,20). The van der Waals surface area contributed by atoms with Crippen molar-refractivity contribution in [3.05, 3.63) is 35.0 Å². The van der Waals surface area contributed by atoms with Crippen molar-refractivity contribution in [1.29, 1.82) is 0 Å². The van der Waals surface area contributed by atoms with Crippen molar-refractivity contribution in [2.45, 2.75) is 19.3 Å². The van der Waals surface area contributed by atoms with Gasteiger partial charge >= 0.3 is 0 Å². The summed E-state index contributed by atoms with van der Waals surface area (Å²) in [5.74, 6) is 2.31. The average Bonchev–Trinajstić information content (AvgIpc) is 2.87. The van der Waals surface area contributed by atoms with Crippen LogP contribution in [0.3, 0.4) is 0 Å². The van der Waals surface area contributed by atoms with E-state index in [2.05, 4.69) is 10.4 Å². The van der Waals surface area contributed by atoms with Gasteiger partial charge in [-0.05, 0) is 30.2 Å². The van der Waals surface area contributed by atoms with Crippen LogP contribution in [0.15, 0.2) is 18.3 Å². The second kappa shape index (κ2) is 4.76. The topological polar surface area (TPSA) is 65.4 Å². The lowest BCUT2D eigenvalue weighted by atomic mass is 9.84. The van der Waals surface area contributed by atoms with Crippen molar-refractivity contribution in [1.82, 2.24) is 9.78 Å². The molecule has 1 unspecified atom stereocenters. The highest BCUT2D eigenvalue weighted by Gasteiger charge is 2.31. The van der Waals surface area contributed by atoms with Crippen LogP contribution in [0.1, 0.15) is 29.0 Å². The summed E-state index contributed by atoms with van der Waals surface area (Å²) in [5.41, 5.74) is 3.23. The molecule has 0 saturated heterocycles.